The summed E-state index contributed by atoms with van der Waals surface area (Å²) in [6.45, 7) is 0.0699. The Balaban J connectivity index is 1.66. The van der Waals surface area contributed by atoms with Crippen LogP contribution in [0.2, 0.25) is 5.02 Å². The van der Waals surface area contributed by atoms with Gasteiger partial charge in [0.2, 0.25) is 17.7 Å². The van der Waals surface area contributed by atoms with Crippen LogP contribution in [-0.4, -0.2) is 59.0 Å². The van der Waals surface area contributed by atoms with E-state index in [1.54, 1.807) is 24.3 Å². The van der Waals surface area contributed by atoms with E-state index in [2.05, 4.69) is 10.6 Å². The fourth-order valence-electron chi connectivity index (χ4n) is 5.43. The van der Waals surface area contributed by atoms with Gasteiger partial charge in [0, 0.05) is 35.5 Å². The number of ether oxygens (including phenoxy) is 1. The number of non-ortho nitro benzene ring substituents is 1. The highest BCUT2D eigenvalue weighted by atomic mass is 35.5. The van der Waals surface area contributed by atoms with Gasteiger partial charge >= 0.3 is 0 Å². The van der Waals surface area contributed by atoms with Crippen LogP contribution >= 0.6 is 11.6 Å². The van der Waals surface area contributed by atoms with Crippen molar-refractivity contribution < 1.29 is 29.2 Å². The average molecular weight is 501 g/mol. The highest BCUT2D eigenvalue weighted by Crippen LogP contribution is 2.55. The number of aliphatic hydroxyl groups is 1. The van der Waals surface area contributed by atoms with Crippen LogP contribution in [0.1, 0.15) is 17.2 Å². The fourth-order valence-corrected chi connectivity index (χ4v) is 5.56. The molecule has 5 rings (SSSR count). The molecule has 2 aromatic rings. The van der Waals surface area contributed by atoms with Gasteiger partial charge in [-0.2, -0.15) is 0 Å². The van der Waals surface area contributed by atoms with Crippen molar-refractivity contribution in [2.75, 3.05) is 25.6 Å². The number of anilines is 1. The molecular formula is C23H21ClN4O7. The Bertz CT molecular complexity index is 1250. The van der Waals surface area contributed by atoms with E-state index in [1.807, 2.05) is 0 Å². The number of likely N-dealkylation sites (tertiary alicyclic amines) is 1. The average Bonchev–Trinajstić information content (AvgIpc) is 3.42. The molecule has 5 atom stereocenters. The maximum absolute atomic E-state index is 13.6. The number of imide groups is 1. The molecule has 35 heavy (non-hydrogen) atoms. The topological polar surface area (TPSA) is 151 Å². The Morgan fingerprint density at radius 1 is 1.20 bits per heavy atom. The second-order valence-electron chi connectivity index (χ2n) is 8.74. The molecule has 0 aromatic heterocycles. The highest BCUT2D eigenvalue weighted by molar-refractivity contribution is 6.30. The normalized spacial score (nSPS) is 27.8. The van der Waals surface area contributed by atoms with Crippen LogP contribution in [0, 0.1) is 22.0 Å². The van der Waals surface area contributed by atoms with Crippen LogP contribution in [0.15, 0.2) is 42.5 Å². The molecule has 2 saturated heterocycles. The smallest absolute Gasteiger partial charge is 0.269 e. The monoisotopic (exact) mass is 500 g/mol. The van der Waals surface area contributed by atoms with E-state index in [-0.39, 0.29) is 24.4 Å². The van der Waals surface area contributed by atoms with Crippen LogP contribution in [0.3, 0.4) is 0 Å². The number of nitrogens with one attached hydrogen (secondary N) is 2. The van der Waals surface area contributed by atoms with E-state index in [0.717, 1.165) is 4.90 Å². The summed E-state index contributed by atoms with van der Waals surface area (Å²) < 4.78 is 5.04. The molecule has 0 unspecified atom stereocenters. The van der Waals surface area contributed by atoms with E-state index in [1.165, 1.54) is 25.3 Å². The second-order valence-corrected chi connectivity index (χ2v) is 9.18. The lowest BCUT2D eigenvalue weighted by Gasteiger charge is -2.30. The molecule has 182 valence electrons. The van der Waals surface area contributed by atoms with Gasteiger partial charge in [-0.1, -0.05) is 23.7 Å². The predicted octanol–water partition coefficient (Wildman–Crippen LogP) is 1.35. The molecule has 0 radical (unpaired) electrons. The maximum Gasteiger partial charge on any atom is 0.269 e. The Hall–Kier alpha value is -3.38. The van der Waals surface area contributed by atoms with Gasteiger partial charge in [0.1, 0.15) is 5.54 Å². The fraction of sp³-hybridized carbons (Fsp3) is 0.348. The second kappa shape index (κ2) is 8.38. The molecule has 3 heterocycles. The van der Waals surface area contributed by atoms with Crippen LogP contribution in [0.25, 0.3) is 0 Å². The van der Waals surface area contributed by atoms with Crippen molar-refractivity contribution in [2.24, 2.45) is 11.8 Å². The zero-order chi connectivity index (χ0) is 25.1. The molecule has 0 bridgehead atoms. The quantitative estimate of drug-likeness (QED) is 0.305. The minimum atomic E-state index is -1.78. The Morgan fingerprint density at radius 2 is 1.91 bits per heavy atom. The Labute approximate surface area is 204 Å². The summed E-state index contributed by atoms with van der Waals surface area (Å²) in [5.41, 5.74) is -1.14. The minimum Gasteiger partial charge on any atom is -0.387 e. The first-order valence-corrected chi connectivity index (χ1v) is 11.2. The van der Waals surface area contributed by atoms with Crippen LogP contribution < -0.4 is 10.6 Å². The largest absolute Gasteiger partial charge is 0.387 e. The van der Waals surface area contributed by atoms with E-state index in [0.29, 0.717) is 16.3 Å². The third kappa shape index (κ3) is 3.34. The highest BCUT2D eigenvalue weighted by Gasteiger charge is 2.71. The first-order chi connectivity index (χ1) is 16.7. The van der Waals surface area contributed by atoms with Gasteiger partial charge < -0.3 is 15.2 Å². The molecule has 3 aliphatic heterocycles. The zero-order valence-electron chi connectivity index (χ0n) is 18.4. The lowest BCUT2D eigenvalue weighted by molar-refractivity contribution is -0.384. The molecule has 1 spiro atoms. The molecule has 0 saturated carbocycles. The number of amides is 3. The number of nitro benzene ring substituents is 1. The van der Waals surface area contributed by atoms with Crippen molar-refractivity contribution in [3.05, 3.63) is 68.7 Å². The van der Waals surface area contributed by atoms with Crippen molar-refractivity contribution >= 4 is 40.7 Å². The van der Waals surface area contributed by atoms with E-state index >= 15 is 0 Å². The van der Waals surface area contributed by atoms with Crippen LogP contribution in [-0.2, 0) is 24.7 Å². The number of hydrogen-bond acceptors (Lipinski definition) is 8. The van der Waals surface area contributed by atoms with Gasteiger partial charge in [-0.05, 0) is 23.8 Å². The third-order valence-electron chi connectivity index (χ3n) is 7.01. The molecule has 3 N–H and O–H groups in total. The predicted molar refractivity (Wildman–Crippen MR) is 122 cm³/mol. The minimum absolute atomic E-state index is 0.0234. The van der Waals surface area contributed by atoms with Gasteiger partial charge in [-0.25, -0.2) is 0 Å². The summed E-state index contributed by atoms with van der Waals surface area (Å²) in [5, 5.41) is 29.0. The van der Waals surface area contributed by atoms with Crippen molar-refractivity contribution in [3.8, 4) is 0 Å². The first kappa shape index (κ1) is 23.4. The summed E-state index contributed by atoms with van der Waals surface area (Å²) in [6.07, 6.45) is -1.28. The number of carbonyl (C=O) groups is 3. The molecule has 3 aliphatic rings. The summed E-state index contributed by atoms with van der Waals surface area (Å²) in [5.74, 6) is -4.09. The van der Waals surface area contributed by atoms with E-state index in [4.69, 9.17) is 16.3 Å². The van der Waals surface area contributed by atoms with Gasteiger partial charge in [0.05, 0.1) is 42.1 Å². The summed E-state index contributed by atoms with van der Waals surface area (Å²) in [7, 11) is 1.43. The zero-order valence-corrected chi connectivity index (χ0v) is 19.2. The molecular weight excluding hydrogens is 480 g/mol. The number of rotatable bonds is 6. The number of benzene rings is 2. The molecule has 12 heteroatoms. The van der Waals surface area contributed by atoms with E-state index < -0.39 is 52.2 Å². The molecule has 0 aliphatic carbocycles. The summed E-state index contributed by atoms with van der Waals surface area (Å²) in [6, 6.07) is 9.16. The molecule has 3 amide bonds. The molecule has 2 aromatic carbocycles. The maximum atomic E-state index is 13.6. The molecule has 2 fully saturated rings. The number of nitrogens with zero attached hydrogens (tertiary/aromatic N) is 2. The number of halogens is 1. The number of nitro groups is 1. The van der Waals surface area contributed by atoms with Crippen molar-refractivity contribution in [3.63, 3.8) is 0 Å². The number of carbonyl (C=O) groups excluding carboxylic acids is 3. The van der Waals surface area contributed by atoms with E-state index in [9.17, 15) is 29.6 Å². The van der Waals surface area contributed by atoms with Gasteiger partial charge in [0.25, 0.3) is 5.69 Å². The number of aliphatic hydroxyl groups excluding tert-OH is 1. The van der Waals surface area contributed by atoms with Crippen molar-refractivity contribution in [1.29, 1.82) is 0 Å². The molecule has 11 nitrogen and oxygen atoms in total. The Morgan fingerprint density at radius 3 is 2.57 bits per heavy atom. The van der Waals surface area contributed by atoms with Gasteiger partial charge in [0.15, 0.2) is 0 Å². The number of fused-ring (bicyclic) bond motifs is 4. The lowest BCUT2D eigenvalue weighted by atomic mass is 9.76. The summed E-state index contributed by atoms with van der Waals surface area (Å²) in [4.78, 5) is 52.4. The number of hydrogen-bond donors (Lipinski definition) is 3. The van der Waals surface area contributed by atoms with Crippen molar-refractivity contribution in [2.45, 2.75) is 17.7 Å². The Kier molecular flexibility index (Phi) is 5.59. The standard InChI is InChI=1S/C23H21ClN4O7/c1-35-9-8-27-20(30)16-17(21(27)31)23(26-18(16)19(29)11-2-4-12(24)5-3-11)14-10-13(28(33)34)6-7-15(14)25-22(23)32/h2-7,10,16-19,26,29H,8-9H2,1H3,(H,25,32)/t16-,17-,18+,19-,23-/m1/s1. The van der Waals surface area contributed by atoms with Gasteiger partial charge in [-0.15, -0.1) is 0 Å². The lowest BCUT2D eigenvalue weighted by Crippen LogP contribution is -2.54. The number of methoxy groups -OCH3 is 1. The van der Waals surface area contributed by atoms with Crippen molar-refractivity contribution in [1.82, 2.24) is 10.2 Å². The SMILES string of the molecule is COCCN1C(=O)[C@H]2[C@@H]([C@H](O)c3ccc(Cl)cc3)N[C@@]3(C(=O)Nc4ccc([N+](=O)[O-])cc43)[C@H]2C1=O. The summed E-state index contributed by atoms with van der Waals surface area (Å²) >= 11 is 5.97. The van der Waals surface area contributed by atoms with Gasteiger partial charge in [-0.3, -0.25) is 34.7 Å². The van der Waals surface area contributed by atoms with Crippen LogP contribution in [0.5, 0.6) is 0 Å². The first-order valence-electron chi connectivity index (χ1n) is 10.9. The third-order valence-corrected chi connectivity index (χ3v) is 7.26. The van der Waals surface area contributed by atoms with Crippen LogP contribution in [0.4, 0.5) is 11.4 Å².